The van der Waals surface area contributed by atoms with Gasteiger partial charge < -0.3 is 9.84 Å². The maximum atomic E-state index is 12.9. The van der Waals surface area contributed by atoms with Crippen molar-refractivity contribution in [1.82, 2.24) is 0 Å². The van der Waals surface area contributed by atoms with Crippen molar-refractivity contribution in [2.75, 3.05) is 0 Å². The molecule has 0 fully saturated rings. The molecule has 1 N–H and O–H groups in total. The number of hydrogen-bond donors (Lipinski definition) is 1. The molecule has 0 saturated heterocycles. The Hall–Kier alpha value is -2.00. The maximum Gasteiger partial charge on any atom is 0.575 e. The van der Waals surface area contributed by atoms with Gasteiger partial charge in [0.05, 0.1) is 0 Å². The molecule has 0 radical (unpaired) electrons. The number of carbonyl (C=O) groups excluding carboxylic acids is 1. The van der Waals surface area contributed by atoms with Crippen molar-refractivity contribution >= 4 is 5.97 Å². The summed E-state index contributed by atoms with van der Waals surface area (Å²) in [7, 11) is 0. The molecule has 1 rings (SSSR count). The number of hydrogen-bond acceptors (Lipinski definition) is 3. The topological polar surface area (TPSA) is 46.5 Å². The Labute approximate surface area is 93.4 Å². The third-order valence-corrected chi connectivity index (χ3v) is 1.65. The number of alkyl halides is 3. The Morgan fingerprint density at radius 3 is 1.67 bits per heavy atom. The highest BCUT2D eigenvalue weighted by atomic mass is 19.4. The van der Waals surface area contributed by atoms with Crippen molar-refractivity contribution in [3.63, 3.8) is 0 Å². The van der Waals surface area contributed by atoms with E-state index in [1.54, 1.807) is 0 Å². The Morgan fingerprint density at radius 1 is 0.944 bits per heavy atom. The number of phenols is 1. The van der Waals surface area contributed by atoms with Crippen LogP contribution in [0.5, 0.6) is 5.75 Å². The largest absolute Gasteiger partial charge is 0.575 e. The Morgan fingerprint density at radius 2 is 1.33 bits per heavy atom. The standard InChI is InChI=1S/C8HF7O3/c9-2-1(7(17)18-8(13,14)15)3(10)5(12)6(16)4(2)11/h16H. The summed E-state index contributed by atoms with van der Waals surface area (Å²) in [6.07, 6.45) is -5.60. The number of halogens is 7. The summed E-state index contributed by atoms with van der Waals surface area (Å²) in [4.78, 5) is 10.7. The molecule has 18 heavy (non-hydrogen) atoms. The Kier molecular flexibility index (Phi) is 3.40. The third-order valence-electron chi connectivity index (χ3n) is 1.65. The van der Waals surface area contributed by atoms with E-state index in [2.05, 4.69) is 4.74 Å². The fourth-order valence-electron chi connectivity index (χ4n) is 0.955. The van der Waals surface area contributed by atoms with Crippen molar-refractivity contribution in [3.8, 4) is 5.75 Å². The van der Waals surface area contributed by atoms with Gasteiger partial charge in [-0.3, -0.25) is 0 Å². The van der Waals surface area contributed by atoms with Crippen LogP contribution in [-0.2, 0) is 4.74 Å². The van der Waals surface area contributed by atoms with Gasteiger partial charge in [0.25, 0.3) is 0 Å². The second-order valence-electron chi connectivity index (χ2n) is 2.81. The molecule has 0 aliphatic rings. The minimum Gasteiger partial charge on any atom is -0.503 e. The van der Waals surface area contributed by atoms with Crippen molar-refractivity contribution in [2.45, 2.75) is 6.36 Å². The van der Waals surface area contributed by atoms with Crippen LogP contribution in [0.3, 0.4) is 0 Å². The molecule has 1 aromatic rings. The first kappa shape index (κ1) is 14.1. The van der Waals surface area contributed by atoms with Crippen LogP contribution in [0.15, 0.2) is 0 Å². The highest BCUT2D eigenvalue weighted by Gasteiger charge is 2.38. The first-order valence-corrected chi connectivity index (χ1v) is 3.91. The number of benzene rings is 1. The molecule has 0 aliphatic heterocycles. The molecule has 0 amide bonds. The summed E-state index contributed by atoms with van der Waals surface area (Å²) in [5.41, 5.74) is -2.24. The van der Waals surface area contributed by atoms with E-state index < -0.39 is 46.9 Å². The van der Waals surface area contributed by atoms with E-state index in [4.69, 9.17) is 5.11 Å². The summed E-state index contributed by atoms with van der Waals surface area (Å²) >= 11 is 0. The van der Waals surface area contributed by atoms with E-state index in [0.717, 1.165) is 0 Å². The zero-order valence-electron chi connectivity index (χ0n) is 7.91. The first-order valence-electron chi connectivity index (χ1n) is 3.91. The van der Waals surface area contributed by atoms with E-state index in [-0.39, 0.29) is 0 Å². The summed E-state index contributed by atoms with van der Waals surface area (Å²) in [5.74, 6) is -14.6. The average molecular weight is 278 g/mol. The second kappa shape index (κ2) is 4.35. The second-order valence-corrected chi connectivity index (χ2v) is 2.81. The quantitative estimate of drug-likeness (QED) is 0.488. The van der Waals surface area contributed by atoms with Gasteiger partial charge in [0.15, 0.2) is 17.4 Å². The minimum absolute atomic E-state index is 2.10. The van der Waals surface area contributed by atoms with Gasteiger partial charge in [0.2, 0.25) is 11.6 Å². The van der Waals surface area contributed by atoms with Crippen LogP contribution in [-0.4, -0.2) is 17.4 Å². The fourth-order valence-corrected chi connectivity index (χ4v) is 0.955. The van der Waals surface area contributed by atoms with E-state index in [9.17, 15) is 35.5 Å². The minimum atomic E-state index is -5.60. The molecule has 10 heteroatoms. The van der Waals surface area contributed by atoms with Crippen LogP contribution in [0.25, 0.3) is 0 Å². The molecule has 0 spiro atoms. The lowest BCUT2D eigenvalue weighted by atomic mass is 10.1. The molecule has 0 saturated carbocycles. The highest BCUT2D eigenvalue weighted by Crippen LogP contribution is 2.30. The van der Waals surface area contributed by atoms with Crippen LogP contribution < -0.4 is 0 Å². The molecule has 0 unspecified atom stereocenters. The van der Waals surface area contributed by atoms with Crippen molar-refractivity contribution in [1.29, 1.82) is 0 Å². The number of phenolic OH excluding ortho intramolecular Hbond substituents is 1. The lowest BCUT2D eigenvalue weighted by Crippen LogP contribution is -2.22. The number of aromatic hydroxyl groups is 1. The predicted molar refractivity (Wildman–Crippen MR) is 39.4 cm³/mol. The van der Waals surface area contributed by atoms with E-state index in [1.807, 2.05) is 0 Å². The molecule has 1 aromatic carbocycles. The Balaban J connectivity index is 3.38. The van der Waals surface area contributed by atoms with Gasteiger partial charge in [0.1, 0.15) is 5.56 Å². The number of rotatable bonds is 1. The first-order chi connectivity index (χ1) is 8.06. The molecule has 3 nitrogen and oxygen atoms in total. The summed E-state index contributed by atoms with van der Waals surface area (Å²) in [6.45, 7) is 0. The van der Waals surface area contributed by atoms with Crippen LogP contribution >= 0.6 is 0 Å². The maximum absolute atomic E-state index is 12.9. The SMILES string of the molecule is O=C(OC(F)(F)F)c1c(F)c(F)c(O)c(F)c1F. The monoisotopic (exact) mass is 278 g/mol. The molecule has 0 bridgehead atoms. The van der Waals surface area contributed by atoms with Gasteiger partial charge in [-0.15, -0.1) is 13.2 Å². The highest BCUT2D eigenvalue weighted by molar-refractivity contribution is 5.90. The smallest absolute Gasteiger partial charge is 0.503 e. The normalized spacial score (nSPS) is 11.5. The van der Waals surface area contributed by atoms with Crippen LogP contribution in [0.1, 0.15) is 10.4 Å². The van der Waals surface area contributed by atoms with E-state index in [0.29, 0.717) is 0 Å². The fraction of sp³-hybridized carbons (Fsp3) is 0.125. The molecular weight excluding hydrogens is 277 g/mol. The average Bonchev–Trinajstić information content (AvgIpc) is 2.21. The van der Waals surface area contributed by atoms with Crippen molar-refractivity contribution in [2.24, 2.45) is 0 Å². The Bertz CT molecular complexity index is 479. The van der Waals surface area contributed by atoms with Crippen LogP contribution in [0.2, 0.25) is 0 Å². The molecule has 0 aliphatic carbocycles. The molecule has 0 heterocycles. The van der Waals surface area contributed by atoms with Crippen LogP contribution in [0.4, 0.5) is 30.7 Å². The van der Waals surface area contributed by atoms with Gasteiger partial charge in [0, 0.05) is 0 Å². The zero-order valence-corrected chi connectivity index (χ0v) is 7.91. The van der Waals surface area contributed by atoms with Crippen LogP contribution in [0, 0.1) is 23.3 Å². The third kappa shape index (κ3) is 2.46. The van der Waals surface area contributed by atoms with Gasteiger partial charge in [-0.05, 0) is 0 Å². The number of carbonyl (C=O) groups is 1. The zero-order chi connectivity index (χ0) is 14.2. The molecule has 0 aromatic heterocycles. The molecular formula is C8HF7O3. The van der Waals surface area contributed by atoms with Crippen molar-refractivity contribution < 1.29 is 45.4 Å². The lowest BCUT2D eigenvalue weighted by Gasteiger charge is -2.10. The van der Waals surface area contributed by atoms with Crippen molar-refractivity contribution in [3.05, 3.63) is 28.8 Å². The summed E-state index contributed by atoms with van der Waals surface area (Å²) in [6, 6.07) is 0. The molecule has 100 valence electrons. The van der Waals surface area contributed by atoms with Gasteiger partial charge in [-0.2, -0.15) is 8.78 Å². The summed E-state index contributed by atoms with van der Waals surface area (Å²) < 4.78 is 88.7. The van der Waals surface area contributed by atoms with E-state index in [1.165, 1.54) is 0 Å². The number of ether oxygens (including phenoxy) is 1. The van der Waals surface area contributed by atoms with Gasteiger partial charge >= 0.3 is 12.3 Å². The van der Waals surface area contributed by atoms with Gasteiger partial charge in [-0.25, -0.2) is 13.6 Å². The molecule has 0 atom stereocenters. The lowest BCUT2D eigenvalue weighted by molar-refractivity contribution is -0.292. The summed E-state index contributed by atoms with van der Waals surface area (Å²) in [5, 5.41) is 8.50. The van der Waals surface area contributed by atoms with Gasteiger partial charge in [-0.1, -0.05) is 0 Å². The number of esters is 1. The predicted octanol–water partition coefficient (Wildman–Crippen LogP) is 2.63. The van der Waals surface area contributed by atoms with E-state index >= 15 is 0 Å².